The molecule has 1 heterocycles. The van der Waals surface area contributed by atoms with E-state index in [-0.39, 0.29) is 12.5 Å². The summed E-state index contributed by atoms with van der Waals surface area (Å²) in [5.74, 6) is -0.179. The van der Waals surface area contributed by atoms with Gasteiger partial charge in [0, 0.05) is 11.7 Å². The molecule has 1 amide bonds. The first kappa shape index (κ1) is 12.8. The average molecular weight is 267 g/mol. The number of nitrogens with zero attached hydrogens (tertiary/aromatic N) is 2. The maximum atomic E-state index is 11.7. The number of carbonyl (C=O) groups is 1. The van der Waals surface area contributed by atoms with Crippen LogP contribution in [0.4, 0.5) is 0 Å². The largest absolute Gasteiger partial charge is 0.359 e. The number of thiocarbonyl (C=S) groups is 1. The maximum Gasteiger partial charge on any atom is 0.260 e. The van der Waals surface area contributed by atoms with Crippen LogP contribution in [0.3, 0.4) is 0 Å². The number of amides is 1. The minimum atomic E-state index is -0.179. The van der Waals surface area contributed by atoms with Crippen molar-refractivity contribution in [1.29, 1.82) is 0 Å². The summed E-state index contributed by atoms with van der Waals surface area (Å²) in [5.41, 5.74) is 7.09. The predicted octanol–water partition coefficient (Wildman–Crippen LogP) is 0.158. The van der Waals surface area contributed by atoms with Crippen molar-refractivity contribution in [3.63, 3.8) is 0 Å². The SMILES string of the molecule is Cc1cc(C)n(CC(=O)NNC(=S)NC2CC2)n1. The topological polar surface area (TPSA) is 71.0 Å². The van der Waals surface area contributed by atoms with Crippen molar-refractivity contribution in [1.82, 2.24) is 25.9 Å². The molecule has 1 aromatic heterocycles. The second kappa shape index (κ2) is 5.34. The lowest BCUT2D eigenvalue weighted by Gasteiger charge is -2.11. The fraction of sp³-hybridized carbons (Fsp3) is 0.545. The van der Waals surface area contributed by atoms with Crippen molar-refractivity contribution >= 4 is 23.2 Å². The molecule has 18 heavy (non-hydrogen) atoms. The standard InChI is InChI=1S/C11H17N5OS/c1-7-5-8(2)16(15-7)6-10(17)13-14-11(18)12-9-3-4-9/h5,9H,3-4,6H2,1-2H3,(H,13,17)(H2,12,14,18). The van der Waals surface area contributed by atoms with Gasteiger partial charge in [-0.05, 0) is 45.0 Å². The first-order valence-electron chi connectivity index (χ1n) is 5.91. The fourth-order valence-corrected chi connectivity index (χ4v) is 1.80. The molecule has 1 saturated carbocycles. The number of hydrogen-bond acceptors (Lipinski definition) is 3. The monoisotopic (exact) mass is 267 g/mol. The Morgan fingerprint density at radius 3 is 2.78 bits per heavy atom. The molecule has 0 spiro atoms. The van der Waals surface area contributed by atoms with Crippen LogP contribution in [0.15, 0.2) is 6.07 Å². The lowest BCUT2D eigenvalue weighted by atomic mass is 10.4. The smallest absolute Gasteiger partial charge is 0.260 e. The van der Waals surface area contributed by atoms with Crippen molar-refractivity contribution in [3.8, 4) is 0 Å². The molecule has 1 aliphatic rings. The van der Waals surface area contributed by atoms with Crippen LogP contribution in [0.25, 0.3) is 0 Å². The highest BCUT2D eigenvalue weighted by Crippen LogP contribution is 2.18. The third-order valence-electron chi connectivity index (χ3n) is 2.62. The molecular formula is C11H17N5OS. The summed E-state index contributed by atoms with van der Waals surface area (Å²) < 4.78 is 1.66. The normalized spacial score (nSPS) is 14.1. The van der Waals surface area contributed by atoms with Crippen LogP contribution >= 0.6 is 12.2 Å². The van der Waals surface area contributed by atoms with Gasteiger partial charge in [0.1, 0.15) is 6.54 Å². The number of nitrogens with one attached hydrogen (secondary N) is 3. The third-order valence-corrected chi connectivity index (χ3v) is 2.84. The summed E-state index contributed by atoms with van der Waals surface area (Å²) in [6.07, 6.45) is 2.28. The molecule has 6 nitrogen and oxygen atoms in total. The lowest BCUT2D eigenvalue weighted by molar-refractivity contribution is -0.122. The summed E-state index contributed by atoms with van der Waals surface area (Å²) in [6.45, 7) is 3.99. The van der Waals surface area contributed by atoms with Gasteiger partial charge in [-0.15, -0.1) is 0 Å². The van der Waals surface area contributed by atoms with Gasteiger partial charge in [-0.25, -0.2) is 0 Å². The Kier molecular flexibility index (Phi) is 3.81. The van der Waals surface area contributed by atoms with Crippen molar-refractivity contribution < 1.29 is 4.79 Å². The number of hydrogen-bond donors (Lipinski definition) is 3. The molecule has 0 aromatic carbocycles. The molecule has 0 saturated heterocycles. The maximum absolute atomic E-state index is 11.7. The number of rotatable bonds is 3. The molecular weight excluding hydrogens is 250 g/mol. The zero-order valence-corrected chi connectivity index (χ0v) is 11.3. The predicted molar refractivity (Wildman–Crippen MR) is 71.7 cm³/mol. The fourth-order valence-electron chi connectivity index (χ4n) is 1.59. The Labute approximate surface area is 111 Å². The van der Waals surface area contributed by atoms with Crippen LogP contribution in [0.2, 0.25) is 0 Å². The highest BCUT2D eigenvalue weighted by atomic mass is 32.1. The van der Waals surface area contributed by atoms with E-state index in [1.54, 1.807) is 4.68 Å². The molecule has 0 atom stereocenters. The zero-order chi connectivity index (χ0) is 13.1. The van der Waals surface area contributed by atoms with Crippen molar-refractivity contribution in [2.45, 2.75) is 39.3 Å². The highest BCUT2D eigenvalue weighted by molar-refractivity contribution is 7.80. The van der Waals surface area contributed by atoms with E-state index in [0.717, 1.165) is 24.2 Å². The van der Waals surface area contributed by atoms with Gasteiger partial charge in [-0.2, -0.15) is 5.10 Å². The van der Waals surface area contributed by atoms with Crippen LogP contribution in [0.5, 0.6) is 0 Å². The second-order valence-electron chi connectivity index (χ2n) is 4.51. The van der Waals surface area contributed by atoms with E-state index in [9.17, 15) is 4.79 Å². The van der Waals surface area contributed by atoms with Gasteiger partial charge >= 0.3 is 0 Å². The number of aromatic nitrogens is 2. The molecule has 1 fully saturated rings. The van der Waals surface area contributed by atoms with E-state index in [1.807, 2.05) is 19.9 Å². The molecule has 0 aliphatic heterocycles. The molecule has 1 aromatic rings. The van der Waals surface area contributed by atoms with E-state index < -0.39 is 0 Å². The Hall–Kier alpha value is -1.63. The second-order valence-corrected chi connectivity index (χ2v) is 4.91. The van der Waals surface area contributed by atoms with E-state index >= 15 is 0 Å². The van der Waals surface area contributed by atoms with Crippen molar-refractivity contribution in [2.24, 2.45) is 0 Å². The minimum absolute atomic E-state index is 0.179. The van der Waals surface area contributed by atoms with E-state index in [0.29, 0.717) is 11.2 Å². The number of aryl methyl sites for hydroxylation is 2. The molecule has 0 unspecified atom stereocenters. The van der Waals surface area contributed by atoms with Crippen molar-refractivity contribution in [3.05, 3.63) is 17.5 Å². The number of carbonyl (C=O) groups excluding carboxylic acids is 1. The average Bonchev–Trinajstić information content (AvgIpc) is 3.03. The van der Waals surface area contributed by atoms with Gasteiger partial charge in [-0.1, -0.05) is 0 Å². The molecule has 7 heteroatoms. The molecule has 3 N–H and O–H groups in total. The minimum Gasteiger partial charge on any atom is -0.359 e. The van der Waals surface area contributed by atoms with Crippen LogP contribution in [0.1, 0.15) is 24.2 Å². The Morgan fingerprint density at radius 1 is 1.50 bits per heavy atom. The quantitative estimate of drug-likeness (QED) is 0.537. The summed E-state index contributed by atoms with van der Waals surface area (Å²) in [4.78, 5) is 11.7. The van der Waals surface area contributed by atoms with Gasteiger partial charge in [-0.3, -0.25) is 20.3 Å². The van der Waals surface area contributed by atoms with Crippen LogP contribution in [-0.2, 0) is 11.3 Å². The van der Waals surface area contributed by atoms with E-state index in [2.05, 4.69) is 21.3 Å². The first-order valence-corrected chi connectivity index (χ1v) is 6.32. The summed E-state index contributed by atoms with van der Waals surface area (Å²) in [7, 11) is 0. The Morgan fingerprint density at radius 2 is 2.22 bits per heavy atom. The zero-order valence-electron chi connectivity index (χ0n) is 10.5. The first-order chi connectivity index (χ1) is 8.54. The highest BCUT2D eigenvalue weighted by Gasteiger charge is 2.21. The summed E-state index contributed by atoms with van der Waals surface area (Å²) in [5, 5.41) is 7.74. The van der Waals surface area contributed by atoms with Gasteiger partial charge in [0.25, 0.3) is 5.91 Å². The van der Waals surface area contributed by atoms with Crippen LogP contribution in [-0.4, -0.2) is 26.8 Å². The third kappa shape index (κ3) is 3.69. The van der Waals surface area contributed by atoms with Crippen molar-refractivity contribution in [2.75, 3.05) is 0 Å². The molecule has 98 valence electrons. The van der Waals surface area contributed by atoms with Crippen LogP contribution in [0, 0.1) is 13.8 Å². The number of hydrazine groups is 1. The summed E-state index contributed by atoms with van der Waals surface area (Å²) in [6, 6.07) is 2.40. The van der Waals surface area contributed by atoms with Gasteiger partial charge in [0.05, 0.1) is 5.69 Å². The van der Waals surface area contributed by atoms with E-state index in [1.165, 1.54) is 0 Å². The molecule has 1 aliphatic carbocycles. The van der Waals surface area contributed by atoms with E-state index in [4.69, 9.17) is 12.2 Å². The van der Waals surface area contributed by atoms with Gasteiger partial charge < -0.3 is 5.32 Å². The van der Waals surface area contributed by atoms with Gasteiger partial charge in [0.15, 0.2) is 5.11 Å². The lowest BCUT2D eigenvalue weighted by Crippen LogP contribution is -2.48. The Balaban J connectivity index is 1.74. The molecule has 0 bridgehead atoms. The molecule has 0 radical (unpaired) electrons. The molecule has 2 rings (SSSR count). The van der Waals surface area contributed by atoms with Crippen LogP contribution < -0.4 is 16.2 Å². The van der Waals surface area contributed by atoms with Gasteiger partial charge in [0.2, 0.25) is 0 Å². The summed E-state index contributed by atoms with van der Waals surface area (Å²) >= 11 is 5.02. The Bertz CT molecular complexity index is 466.